The van der Waals surface area contributed by atoms with Gasteiger partial charge >= 0.3 is 11.9 Å². The molecule has 3 atom stereocenters. The number of carbonyl (C=O) groups is 3. The second-order valence-corrected chi connectivity index (χ2v) is 6.34. The number of anilines is 1. The van der Waals surface area contributed by atoms with Gasteiger partial charge in [-0.25, -0.2) is 0 Å². The van der Waals surface area contributed by atoms with Gasteiger partial charge in [0.1, 0.15) is 6.04 Å². The van der Waals surface area contributed by atoms with Crippen molar-refractivity contribution < 1.29 is 23.9 Å². The van der Waals surface area contributed by atoms with Gasteiger partial charge in [0.2, 0.25) is 0 Å². The number of nitrogens with zero attached hydrogens (tertiary/aromatic N) is 1. The maximum Gasteiger partial charge on any atom is 0.312 e. The normalized spacial score (nSPS) is 21.6. The summed E-state index contributed by atoms with van der Waals surface area (Å²) in [6, 6.07) is 17.1. The molecule has 0 N–H and O–H groups in total. The molecule has 1 heterocycles. The van der Waals surface area contributed by atoms with Crippen molar-refractivity contribution in [1.29, 1.82) is 0 Å². The Kier molecular flexibility index (Phi) is 5.54. The SMILES string of the molecule is COC(=O)C1CN(c2ccccc2)C(C(=O)c2ccccc2)C1C(=O)OC. The van der Waals surface area contributed by atoms with Crippen molar-refractivity contribution in [3.05, 3.63) is 66.2 Å². The first-order valence-corrected chi connectivity index (χ1v) is 8.65. The fourth-order valence-corrected chi connectivity index (χ4v) is 3.62. The monoisotopic (exact) mass is 367 g/mol. The first-order valence-electron chi connectivity index (χ1n) is 8.65. The summed E-state index contributed by atoms with van der Waals surface area (Å²) in [6.45, 7) is 0.194. The van der Waals surface area contributed by atoms with Gasteiger partial charge in [0.15, 0.2) is 5.78 Å². The van der Waals surface area contributed by atoms with Crippen LogP contribution in [0.1, 0.15) is 10.4 Å². The molecule has 1 fully saturated rings. The van der Waals surface area contributed by atoms with Crippen molar-refractivity contribution >= 4 is 23.4 Å². The predicted molar refractivity (Wildman–Crippen MR) is 99.4 cm³/mol. The second-order valence-electron chi connectivity index (χ2n) is 6.34. The molecule has 3 unspecified atom stereocenters. The zero-order chi connectivity index (χ0) is 19.4. The van der Waals surface area contributed by atoms with E-state index in [1.165, 1.54) is 14.2 Å². The molecular formula is C21H21NO5. The summed E-state index contributed by atoms with van der Waals surface area (Å²) in [5.41, 5.74) is 1.23. The van der Waals surface area contributed by atoms with Crippen LogP contribution in [-0.4, -0.2) is 44.5 Å². The molecule has 6 heteroatoms. The van der Waals surface area contributed by atoms with Gasteiger partial charge < -0.3 is 14.4 Å². The molecule has 1 saturated heterocycles. The van der Waals surface area contributed by atoms with Gasteiger partial charge in [0.05, 0.1) is 26.1 Å². The number of Topliss-reactive ketones (excluding diaryl/α,β-unsaturated/α-hetero) is 1. The van der Waals surface area contributed by atoms with E-state index in [4.69, 9.17) is 9.47 Å². The lowest BCUT2D eigenvalue weighted by Gasteiger charge is -2.28. The van der Waals surface area contributed by atoms with E-state index in [1.54, 1.807) is 29.2 Å². The minimum absolute atomic E-state index is 0.194. The van der Waals surface area contributed by atoms with Crippen LogP contribution in [0.3, 0.4) is 0 Å². The highest BCUT2D eigenvalue weighted by Gasteiger charge is 2.53. The molecule has 0 aliphatic carbocycles. The summed E-state index contributed by atoms with van der Waals surface area (Å²) in [7, 11) is 2.53. The van der Waals surface area contributed by atoms with Crippen molar-refractivity contribution in [3.8, 4) is 0 Å². The second kappa shape index (κ2) is 8.03. The Balaban J connectivity index is 2.09. The largest absolute Gasteiger partial charge is 0.469 e. The Bertz CT molecular complexity index is 821. The minimum Gasteiger partial charge on any atom is -0.469 e. The third kappa shape index (κ3) is 3.56. The van der Waals surface area contributed by atoms with Crippen LogP contribution in [0.2, 0.25) is 0 Å². The van der Waals surface area contributed by atoms with Gasteiger partial charge in [-0.05, 0) is 12.1 Å². The number of methoxy groups -OCH3 is 2. The zero-order valence-corrected chi connectivity index (χ0v) is 15.2. The number of carbonyl (C=O) groups excluding carboxylic acids is 3. The van der Waals surface area contributed by atoms with Crippen molar-refractivity contribution in [2.24, 2.45) is 11.8 Å². The molecule has 2 aromatic rings. The van der Waals surface area contributed by atoms with E-state index in [-0.39, 0.29) is 12.3 Å². The Morgan fingerprint density at radius 1 is 0.852 bits per heavy atom. The highest BCUT2D eigenvalue weighted by atomic mass is 16.5. The Morgan fingerprint density at radius 2 is 1.41 bits per heavy atom. The molecule has 2 aromatic carbocycles. The average molecular weight is 367 g/mol. The van der Waals surface area contributed by atoms with E-state index in [1.807, 2.05) is 36.4 Å². The zero-order valence-electron chi connectivity index (χ0n) is 15.2. The van der Waals surface area contributed by atoms with Gasteiger partial charge in [0.25, 0.3) is 0 Å². The lowest BCUT2D eigenvalue weighted by molar-refractivity contribution is -0.155. The molecule has 0 radical (unpaired) electrons. The maximum atomic E-state index is 13.3. The summed E-state index contributed by atoms with van der Waals surface area (Å²) in [5, 5.41) is 0. The number of ether oxygens (including phenoxy) is 2. The van der Waals surface area contributed by atoms with Crippen LogP contribution in [-0.2, 0) is 19.1 Å². The molecule has 0 amide bonds. The fraction of sp³-hybridized carbons (Fsp3) is 0.286. The molecule has 0 spiro atoms. The molecule has 0 bridgehead atoms. The number of benzene rings is 2. The van der Waals surface area contributed by atoms with Gasteiger partial charge in [-0.3, -0.25) is 14.4 Å². The van der Waals surface area contributed by atoms with E-state index in [0.717, 1.165) is 5.69 Å². The molecule has 3 rings (SSSR count). The summed E-state index contributed by atoms with van der Waals surface area (Å²) >= 11 is 0. The lowest BCUT2D eigenvalue weighted by Crippen LogP contribution is -2.43. The van der Waals surface area contributed by atoms with E-state index in [0.29, 0.717) is 5.56 Å². The van der Waals surface area contributed by atoms with Gasteiger partial charge in [-0.1, -0.05) is 48.5 Å². The molecule has 140 valence electrons. The van der Waals surface area contributed by atoms with Crippen LogP contribution in [0.4, 0.5) is 5.69 Å². The molecule has 0 saturated carbocycles. The average Bonchev–Trinajstić information content (AvgIpc) is 3.14. The Morgan fingerprint density at radius 3 is 1.96 bits per heavy atom. The lowest BCUT2D eigenvalue weighted by atomic mass is 9.86. The number of hydrogen-bond acceptors (Lipinski definition) is 6. The maximum absolute atomic E-state index is 13.3. The van der Waals surface area contributed by atoms with Gasteiger partial charge in [0, 0.05) is 17.8 Å². The summed E-state index contributed by atoms with van der Waals surface area (Å²) in [4.78, 5) is 40.0. The van der Waals surface area contributed by atoms with Crippen LogP contribution in [0.15, 0.2) is 60.7 Å². The number of esters is 2. The molecule has 1 aliphatic heterocycles. The summed E-state index contributed by atoms with van der Waals surface area (Å²) < 4.78 is 9.83. The quantitative estimate of drug-likeness (QED) is 0.597. The van der Waals surface area contributed by atoms with E-state index in [9.17, 15) is 14.4 Å². The Hall–Kier alpha value is -3.15. The fourth-order valence-electron chi connectivity index (χ4n) is 3.62. The molecule has 0 aromatic heterocycles. The predicted octanol–water partition coefficient (Wildman–Crippen LogP) is 2.34. The van der Waals surface area contributed by atoms with Gasteiger partial charge in [-0.2, -0.15) is 0 Å². The molecule has 1 aliphatic rings. The first kappa shape index (κ1) is 18.6. The number of hydrogen-bond donors (Lipinski definition) is 0. The van der Waals surface area contributed by atoms with E-state index >= 15 is 0 Å². The van der Waals surface area contributed by atoms with Crippen LogP contribution < -0.4 is 4.90 Å². The number of rotatable bonds is 5. The standard InChI is InChI=1S/C21H21NO5/c1-26-20(24)16-13-22(15-11-7-4-8-12-15)18(17(16)21(25)27-2)19(23)14-9-5-3-6-10-14/h3-12,16-18H,13H2,1-2H3. The highest BCUT2D eigenvalue weighted by molar-refractivity contribution is 6.06. The first-order chi connectivity index (χ1) is 13.1. The van der Waals surface area contributed by atoms with Gasteiger partial charge in [-0.15, -0.1) is 0 Å². The van der Waals surface area contributed by atoms with Crippen LogP contribution in [0.5, 0.6) is 0 Å². The highest BCUT2D eigenvalue weighted by Crippen LogP contribution is 2.37. The number of ketones is 1. The van der Waals surface area contributed by atoms with Crippen molar-refractivity contribution in [2.75, 3.05) is 25.7 Å². The summed E-state index contributed by atoms with van der Waals surface area (Å²) in [5.74, 6) is -3.11. The third-order valence-electron chi connectivity index (χ3n) is 4.89. The van der Waals surface area contributed by atoms with Crippen LogP contribution in [0, 0.1) is 11.8 Å². The number of para-hydroxylation sites is 1. The summed E-state index contributed by atoms with van der Waals surface area (Å²) in [6.07, 6.45) is 0. The molecule has 6 nitrogen and oxygen atoms in total. The smallest absolute Gasteiger partial charge is 0.312 e. The van der Waals surface area contributed by atoms with Crippen LogP contribution in [0.25, 0.3) is 0 Å². The molecular weight excluding hydrogens is 346 g/mol. The van der Waals surface area contributed by atoms with E-state index in [2.05, 4.69) is 0 Å². The van der Waals surface area contributed by atoms with Crippen LogP contribution >= 0.6 is 0 Å². The van der Waals surface area contributed by atoms with E-state index < -0.39 is 29.8 Å². The third-order valence-corrected chi connectivity index (χ3v) is 4.89. The minimum atomic E-state index is -0.949. The van der Waals surface area contributed by atoms with Crippen molar-refractivity contribution in [2.45, 2.75) is 6.04 Å². The Labute approximate surface area is 157 Å². The van der Waals surface area contributed by atoms with Crippen molar-refractivity contribution in [1.82, 2.24) is 0 Å². The van der Waals surface area contributed by atoms with Crippen molar-refractivity contribution in [3.63, 3.8) is 0 Å². The topological polar surface area (TPSA) is 72.9 Å². The molecule has 27 heavy (non-hydrogen) atoms.